The van der Waals surface area contributed by atoms with Gasteiger partial charge in [0.25, 0.3) is 0 Å². The third-order valence-corrected chi connectivity index (χ3v) is 4.77. The fraction of sp³-hybridized carbons (Fsp3) is 0.182. The summed E-state index contributed by atoms with van der Waals surface area (Å²) in [6.45, 7) is 5.35. The highest BCUT2D eigenvalue weighted by atomic mass is 35.5. The molecule has 0 aromatic heterocycles. The van der Waals surface area contributed by atoms with Gasteiger partial charge in [-0.3, -0.25) is 0 Å². The van der Waals surface area contributed by atoms with Crippen molar-refractivity contribution >= 4 is 28.9 Å². The number of benzene rings is 3. The standard InChI is InChI=1S/C22H21Cl2NO/c1-15-6-7-16(2)22(10-15)25-13-17-4-3-5-20(11-17)26-14-18-8-9-19(23)12-21(18)24/h3-12,25H,13-14H2,1-2H3. The van der Waals surface area contributed by atoms with Crippen LogP contribution in [0.3, 0.4) is 0 Å². The van der Waals surface area contributed by atoms with E-state index in [0.29, 0.717) is 16.7 Å². The van der Waals surface area contributed by atoms with Gasteiger partial charge < -0.3 is 10.1 Å². The van der Waals surface area contributed by atoms with E-state index >= 15 is 0 Å². The van der Waals surface area contributed by atoms with Crippen molar-refractivity contribution in [1.82, 2.24) is 0 Å². The summed E-state index contributed by atoms with van der Waals surface area (Å²) in [6.07, 6.45) is 0. The third-order valence-electron chi connectivity index (χ3n) is 4.18. The SMILES string of the molecule is Cc1ccc(C)c(NCc2cccc(OCc3ccc(Cl)cc3Cl)c2)c1. The molecule has 2 nitrogen and oxygen atoms in total. The summed E-state index contributed by atoms with van der Waals surface area (Å²) in [4.78, 5) is 0. The lowest BCUT2D eigenvalue weighted by molar-refractivity contribution is 0.306. The third kappa shape index (κ3) is 4.94. The van der Waals surface area contributed by atoms with Crippen LogP contribution >= 0.6 is 23.2 Å². The minimum atomic E-state index is 0.407. The van der Waals surface area contributed by atoms with Crippen molar-refractivity contribution in [3.63, 3.8) is 0 Å². The Morgan fingerprint density at radius 3 is 2.58 bits per heavy atom. The molecule has 0 heterocycles. The highest BCUT2D eigenvalue weighted by molar-refractivity contribution is 6.35. The molecule has 0 aliphatic carbocycles. The Balaban J connectivity index is 1.63. The smallest absolute Gasteiger partial charge is 0.120 e. The van der Waals surface area contributed by atoms with Crippen molar-refractivity contribution in [2.45, 2.75) is 27.0 Å². The number of ether oxygens (including phenoxy) is 1. The summed E-state index contributed by atoms with van der Waals surface area (Å²) in [6, 6.07) is 19.9. The van der Waals surface area contributed by atoms with Crippen LogP contribution in [0.5, 0.6) is 5.75 Å². The van der Waals surface area contributed by atoms with Crippen LogP contribution in [0.2, 0.25) is 10.0 Å². The van der Waals surface area contributed by atoms with Gasteiger partial charge in [-0.1, -0.05) is 53.5 Å². The quantitative estimate of drug-likeness (QED) is 0.503. The zero-order valence-corrected chi connectivity index (χ0v) is 16.4. The first kappa shape index (κ1) is 18.6. The lowest BCUT2D eigenvalue weighted by atomic mass is 10.1. The predicted octanol–water partition coefficient (Wildman–Crippen LogP) is 6.80. The molecule has 0 atom stereocenters. The normalized spacial score (nSPS) is 10.6. The van der Waals surface area contributed by atoms with E-state index in [0.717, 1.165) is 29.1 Å². The summed E-state index contributed by atoms with van der Waals surface area (Å²) in [5, 5.41) is 4.73. The fourth-order valence-electron chi connectivity index (χ4n) is 2.67. The molecule has 4 heteroatoms. The molecule has 0 aliphatic rings. The van der Waals surface area contributed by atoms with Crippen LogP contribution in [-0.2, 0) is 13.2 Å². The summed E-state index contributed by atoms with van der Waals surface area (Å²) < 4.78 is 5.89. The first-order valence-electron chi connectivity index (χ1n) is 8.48. The van der Waals surface area contributed by atoms with Crippen molar-refractivity contribution in [3.05, 3.63) is 93.0 Å². The fourth-order valence-corrected chi connectivity index (χ4v) is 3.13. The number of hydrogen-bond acceptors (Lipinski definition) is 2. The van der Waals surface area contributed by atoms with Crippen LogP contribution in [0.1, 0.15) is 22.3 Å². The highest BCUT2D eigenvalue weighted by Gasteiger charge is 2.04. The minimum Gasteiger partial charge on any atom is -0.489 e. The monoisotopic (exact) mass is 385 g/mol. The van der Waals surface area contributed by atoms with Crippen LogP contribution in [0.4, 0.5) is 5.69 Å². The van der Waals surface area contributed by atoms with Crippen molar-refractivity contribution in [2.24, 2.45) is 0 Å². The first-order valence-corrected chi connectivity index (χ1v) is 9.23. The van der Waals surface area contributed by atoms with Gasteiger partial charge in [-0.25, -0.2) is 0 Å². The molecule has 0 amide bonds. The van der Waals surface area contributed by atoms with Gasteiger partial charge in [0.05, 0.1) is 0 Å². The molecule has 0 radical (unpaired) electrons. The maximum atomic E-state index is 6.20. The second-order valence-electron chi connectivity index (χ2n) is 6.34. The van der Waals surface area contributed by atoms with Crippen molar-refractivity contribution in [1.29, 1.82) is 0 Å². The van der Waals surface area contributed by atoms with Gasteiger partial charge in [0, 0.05) is 27.8 Å². The molecule has 0 unspecified atom stereocenters. The first-order chi connectivity index (χ1) is 12.5. The van der Waals surface area contributed by atoms with E-state index in [-0.39, 0.29) is 0 Å². The number of nitrogens with one attached hydrogen (secondary N) is 1. The topological polar surface area (TPSA) is 21.3 Å². The molecule has 134 valence electrons. The molecule has 0 saturated heterocycles. The number of rotatable bonds is 6. The average molecular weight is 386 g/mol. The Labute approximate surface area is 164 Å². The van der Waals surface area contributed by atoms with Gasteiger partial charge in [-0.2, -0.15) is 0 Å². The van der Waals surface area contributed by atoms with E-state index < -0.39 is 0 Å². The molecule has 0 spiro atoms. The molecule has 0 fully saturated rings. The van der Waals surface area contributed by atoms with Crippen LogP contribution in [0.25, 0.3) is 0 Å². The molecule has 1 N–H and O–H groups in total. The van der Waals surface area contributed by atoms with Crippen LogP contribution in [0.15, 0.2) is 60.7 Å². The van der Waals surface area contributed by atoms with E-state index in [1.807, 2.05) is 30.3 Å². The number of anilines is 1. The summed E-state index contributed by atoms with van der Waals surface area (Å²) >= 11 is 12.1. The lowest BCUT2D eigenvalue weighted by Crippen LogP contribution is -2.02. The number of hydrogen-bond donors (Lipinski definition) is 1. The van der Waals surface area contributed by atoms with Crippen molar-refractivity contribution in [2.75, 3.05) is 5.32 Å². The van der Waals surface area contributed by atoms with Crippen LogP contribution in [-0.4, -0.2) is 0 Å². The zero-order chi connectivity index (χ0) is 18.5. The van der Waals surface area contributed by atoms with Crippen LogP contribution in [0, 0.1) is 13.8 Å². The molecule has 3 rings (SSSR count). The van der Waals surface area contributed by atoms with E-state index in [9.17, 15) is 0 Å². The molecule has 0 saturated carbocycles. The van der Waals surface area contributed by atoms with E-state index in [4.69, 9.17) is 27.9 Å². The second kappa shape index (κ2) is 8.48. The van der Waals surface area contributed by atoms with Crippen molar-refractivity contribution < 1.29 is 4.74 Å². The van der Waals surface area contributed by atoms with Gasteiger partial charge >= 0.3 is 0 Å². The number of halogens is 2. The summed E-state index contributed by atoms with van der Waals surface area (Å²) in [5.41, 5.74) is 5.71. The molecule has 0 bridgehead atoms. The van der Waals surface area contributed by atoms with Gasteiger partial charge in [0.15, 0.2) is 0 Å². The molecule has 3 aromatic carbocycles. The van der Waals surface area contributed by atoms with E-state index in [1.165, 1.54) is 11.1 Å². The number of aryl methyl sites for hydroxylation is 2. The average Bonchev–Trinajstić information content (AvgIpc) is 2.62. The Morgan fingerprint density at radius 2 is 1.77 bits per heavy atom. The molecule has 3 aromatic rings. The highest BCUT2D eigenvalue weighted by Crippen LogP contribution is 2.23. The van der Waals surface area contributed by atoms with E-state index in [1.54, 1.807) is 6.07 Å². The van der Waals surface area contributed by atoms with Gasteiger partial charge in [0.1, 0.15) is 12.4 Å². The van der Waals surface area contributed by atoms with Crippen molar-refractivity contribution in [3.8, 4) is 5.75 Å². The summed E-state index contributed by atoms with van der Waals surface area (Å²) in [7, 11) is 0. The van der Waals surface area contributed by atoms with E-state index in [2.05, 4.69) is 43.4 Å². The Morgan fingerprint density at radius 1 is 0.923 bits per heavy atom. The zero-order valence-electron chi connectivity index (χ0n) is 14.9. The van der Waals surface area contributed by atoms with Gasteiger partial charge in [-0.05, 0) is 60.9 Å². The van der Waals surface area contributed by atoms with Gasteiger partial charge in [-0.15, -0.1) is 0 Å². The lowest BCUT2D eigenvalue weighted by Gasteiger charge is -2.12. The minimum absolute atomic E-state index is 0.407. The predicted molar refractivity (Wildman–Crippen MR) is 110 cm³/mol. The molecular weight excluding hydrogens is 365 g/mol. The molecule has 26 heavy (non-hydrogen) atoms. The van der Waals surface area contributed by atoms with Crippen LogP contribution < -0.4 is 10.1 Å². The Kier molecular flexibility index (Phi) is 6.08. The molecular formula is C22H21Cl2NO. The largest absolute Gasteiger partial charge is 0.489 e. The van der Waals surface area contributed by atoms with Gasteiger partial charge in [0.2, 0.25) is 0 Å². The Bertz CT molecular complexity index is 908. The molecule has 0 aliphatic heterocycles. The second-order valence-corrected chi connectivity index (χ2v) is 7.19. The maximum absolute atomic E-state index is 6.20. The Hall–Kier alpha value is -2.16. The maximum Gasteiger partial charge on any atom is 0.120 e. The summed E-state index contributed by atoms with van der Waals surface area (Å²) in [5.74, 6) is 0.816.